The van der Waals surface area contributed by atoms with Crippen LogP contribution in [0.4, 0.5) is 0 Å². The first-order valence-electron chi connectivity index (χ1n) is 6.04. The molecule has 0 aliphatic carbocycles. The van der Waals surface area contributed by atoms with Crippen molar-refractivity contribution in [2.75, 3.05) is 0 Å². The van der Waals surface area contributed by atoms with E-state index in [4.69, 9.17) is 4.98 Å². The third-order valence-electron chi connectivity index (χ3n) is 2.85. The third kappa shape index (κ3) is 2.06. The molecule has 92 valence electrons. The number of imidazole rings is 1. The van der Waals surface area contributed by atoms with E-state index < -0.39 is 0 Å². The lowest BCUT2D eigenvalue weighted by Gasteiger charge is -2.25. The summed E-state index contributed by atoms with van der Waals surface area (Å²) in [6.07, 6.45) is 5.64. The normalized spacial score (nSPS) is 13.3. The molecule has 3 nitrogen and oxygen atoms in total. The molecule has 0 aliphatic rings. The van der Waals surface area contributed by atoms with Crippen molar-refractivity contribution in [3.8, 4) is 0 Å². The minimum Gasteiger partial charge on any atom is -0.300 e. The zero-order valence-corrected chi connectivity index (χ0v) is 11.6. The second-order valence-electron chi connectivity index (χ2n) is 6.61. The largest absolute Gasteiger partial charge is 0.300 e. The maximum atomic E-state index is 4.75. The van der Waals surface area contributed by atoms with Gasteiger partial charge in [-0.2, -0.15) is 0 Å². The average molecular weight is 231 g/mol. The fourth-order valence-electron chi connectivity index (χ4n) is 2.15. The number of nitrogens with zero attached hydrogens (tertiary/aromatic N) is 3. The number of hydrogen-bond acceptors (Lipinski definition) is 2. The van der Waals surface area contributed by atoms with E-state index in [1.807, 2.05) is 18.6 Å². The summed E-state index contributed by atoms with van der Waals surface area (Å²) in [7, 11) is 0. The van der Waals surface area contributed by atoms with Crippen LogP contribution in [-0.4, -0.2) is 14.4 Å². The van der Waals surface area contributed by atoms with Gasteiger partial charge in [0.1, 0.15) is 0 Å². The molecular formula is C14H21N3. The van der Waals surface area contributed by atoms with E-state index in [2.05, 4.69) is 50.9 Å². The molecule has 17 heavy (non-hydrogen) atoms. The van der Waals surface area contributed by atoms with Crippen LogP contribution in [0.5, 0.6) is 0 Å². The highest BCUT2D eigenvalue weighted by atomic mass is 15.0. The lowest BCUT2D eigenvalue weighted by Crippen LogP contribution is -2.23. The van der Waals surface area contributed by atoms with E-state index in [0.29, 0.717) is 0 Å². The Morgan fingerprint density at radius 1 is 1.00 bits per heavy atom. The van der Waals surface area contributed by atoms with Gasteiger partial charge in [-0.25, -0.2) is 4.98 Å². The second-order valence-corrected chi connectivity index (χ2v) is 6.61. The predicted octanol–water partition coefficient (Wildman–Crippen LogP) is 3.32. The lowest BCUT2D eigenvalue weighted by molar-refractivity contribution is 0.506. The summed E-state index contributed by atoms with van der Waals surface area (Å²) in [5, 5.41) is 0. The smallest absolute Gasteiger partial charge is 0.155 e. The van der Waals surface area contributed by atoms with E-state index in [0.717, 1.165) is 11.3 Å². The number of fused-ring (bicyclic) bond motifs is 1. The fraction of sp³-hybridized carbons (Fsp3) is 0.571. The van der Waals surface area contributed by atoms with Crippen LogP contribution in [0.2, 0.25) is 0 Å². The van der Waals surface area contributed by atoms with E-state index in [9.17, 15) is 0 Å². The molecule has 0 aliphatic heterocycles. The second kappa shape index (κ2) is 3.56. The summed E-state index contributed by atoms with van der Waals surface area (Å²) in [6, 6.07) is 0. The molecule has 2 aromatic rings. The van der Waals surface area contributed by atoms with Crippen LogP contribution in [0.1, 0.15) is 52.9 Å². The van der Waals surface area contributed by atoms with E-state index in [1.165, 1.54) is 5.69 Å². The van der Waals surface area contributed by atoms with Crippen LogP contribution in [0, 0.1) is 0 Å². The van der Waals surface area contributed by atoms with E-state index in [-0.39, 0.29) is 10.8 Å². The maximum Gasteiger partial charge on any atom is 0.155 e. The molecular weight excluding hydrogens is 210 g/mol. The summed E-state index contributed by atoms with van der Waals surface area (Å²) in [6.45, 7) is 13.3. The Balaban J connectivity index is 2.84. The first kappa shape index (κ1) is 12.1. The van der Waals surface area contributed by atoms with Crippen molar-refractivity contribution >= 4 is 5.65 Å². The van der Waals surface area contributed by atoms with Crippen LogP contribution >= 0.6 is 0 Å². The van der Waals surface area contributed by atoms with Crippen LogP contribution < -0.4 is 0 Å². The topological polar surface area (TPSA) is 30.2 Å². The molecule has 3 heteroatoms. The van der Waals surface area contributed by atoms with Gasteiger partial charge in [-0.1, -0.05) is 41.5 Å². The molecule has 0 radical (unpaired) electrons. The number of rotatable bonds is 0. The van der Waals surface area contributed by atoms with Crippen molar-refractivity contribution in [2.24, 2.45) is 0 Å². The monoisotopic (exact) mass is 231 g/mol. The van der Waals surface area contributed by atoms with Gasteiger partial charge in [0.05, 0.1) is 17.6 Å². The van der Waals surface area contributed by atoms with E-state index >= 15 is 0 Å². The van der Waals surface area contributed by atoms with Crippen LogP contribution in [0.25, 0.3) is 5.65 Å². The van der Waals surface area contributed by atoms with Gasteiger partial charge < -0.3 is 4.40 Å². The zero-order valence-electron chi connectivity index (χ0n) is 11.6. The van der Waals surface area contributed by atoms with Gasteiger partial charge in [-0.05, 0) is 0 Å². The molecule has 2 aromatic heterocycles. The Kier molecular flexibility index (Phi) is 2.53. The average Bonchev–Trinajstić information content (AvgIpc) is 2.54. The molecule has 0 spiro atoms. The molecule has 2 heterocycles. The molecule has 2 rings (SSSR count). The molecule has 0 atom stereocenters. The quantitative estimate of drug-likeness (QED) is 0.696. The summed E-state index contributed by atoms with van der Waals surface area (Å²) in [5.74, 6) is 0. The highest BCUT2D eigenvalue weighted by molar-refractivity contribution is 5.45. The minimum absolute atomic E-state index is 0.0502. The van der Waals surface area contributed by atoms with Gasteiger partial charge in [0, 0.05) is 23.2 Å². The van der Waals surface area contributed by atoms with Gasteiger partial charge in [-0.15, -0.1) is 0 Å². The Morgan fingerprint density at radius 2 is 1.65 bits per heavy atom. The number of aromatic nitrogens is 3. The molecule has 0 N–H and O–H groups in total. The van der Waals surface area contributed by atoms with Crippen molar-refractivity contribution in [3.63, 3.8) is 0 Å². The summed E-state index contributed by atoms with van der Waals surface area (Å²) in [5.41, 5.74) is 3.50. The Morgan fingerprint density at radius 3 is 2.18 bits per heavy atom. The zero-order chi connectivity index (χ0) is 12.8. The van der Waals surface area contributed by atoms with Crippen molar-refractivity contribution in [1.82, 2.24) is 14.4 Å². The molecule has 0 unspecified atom stereocenters. The molecule has 0 aromatic carbocycles. The van der Waals surface area contributed by atoms with Crippen molar-refractivity contribution in [1.29, 1.82) is 0 Å². The molecule has 0 fully saturated rings. The standard InChI is InChI=1S/C14H21N3/c1-13(2,3)11-12(14(4,5)6)17-8-7-15-9-10(17)16-11/h7-9H,1-6H3. The molecule has 0 bridgehead atoms. The minimum atomic E-state index is 0.0502. The molecule has 0 saturated heterocycles. The lowest BCUT2D eigenvalue weighted by atomic mass is 9.82. The molecule has 0 amide bonds. The highest BCUT2D eigenvalue weighted by Gasteiger charge is 2.30. The third-order valence-corrected chi connectivity index (χ3v) is 2.85. The first-order valence-corrected chi connectivity index (χ1v) is 6.04. The van der Waals surface area contributed by atoms with Crippen molar-refractivity contribution < 1.29 is 0 Å². The van der Waals surface area contributed by atoms with E-state index in [1.54, 1.807) is 0 Å². The van der Waals surface area contributed by atoms with Crippen LogP contribution in [-0.2, 0) is 10.8 Å². The van der Waals surface area contributed by atoms with Crippen LogP contribution in [0.15, 0.2) is 18.6 Å². The van der Waals surface area contributed by atoms with Gasteiger partial charge in [0.25, 0.3) is 0 Å². The Labute approximate surface area is 103 Å². The molecule has 0 saturated carbocycles. The SMILES string of the molecule is CC(C)(C)c1nc2cnccn2c1C(C)(C)C. The highest BCUT2D eigenvalue weighted by Crippen LogP contribution is 2.33. The van der Waals surface area contributed by atoms with Crippen molar-refractivity contribution in [3.05, 3.63) is 30.0 Å². The summed E-state index contributed by atoms with van der Waals surface area (Å²) in [4.78, 5) is 8.90. The van der Waals surface area contributed by atoms with Gasteiger partial charge in [0.15, 0.2) is 5.65 Å². The predicted molar refractivity (Wildman–Crippen MR) is 70.4 cm³/mol. The van der Waals surface area contributed by atoms with Crippen molar-refractivity contribution in [2.45, 2.75) is 52.4 Å². The Hall–Kier alpha value is -1.38. The maximum absolute atomic E-state index is 4.75. The number of hydrogen-bond donors (Lipinski definition) is 0. The first-order chi connectivity index (χ1) is 7.71. The Bertz CT molecular complexity index is 539. The van der Waals surface area contributed by atoms with Gasteiger partial charge in [-0.3, -0.25) is 4.98 Å². The summed E-state index contributed by atoms with van der Waals surface area (Å²) < 4.78 is 2.16. The van der Waals surface area contributed by atoms with Crippen LogP contribution in [0.3, 0.4) is 0 Å². The van der Waals surface area contributed by atoms with Gasteiger partial charge in [0.2, 0.25) is 0 Å². The van der Waals surface area contributed by atoms with Gasteiger partial charge >= 0.3 is 0 Å². The summed E-state index contributed by atoms with van der Waals surface area (Å²) >= 11 is 0. The fourth-order valence-corrected chi connectivity index (χ4v) is 2.15.